The van der Waals surface area contributed by atoms with E-state index in [9.17, 15) is 4.79 Å². The minimum absolute atomic E-state index is 0.0909. The lowest BCUT2D eigenvalue weighted by atomic mass is 10.3. The van der Waals surface area contributed by atoms with Gasteiger partial charge in [0.1, 0.15) is 6.07 Å². The molecular weight excluding hydrogens is 240 g/mol. The molecule has 1 aromatic carbocycles. The van der Waals surface area contributed by atoms with Crippen LogP contribution < -0.4 is 5.32 Å². The van der Waals surface area contributed by atoms with Crippen LogP contribution in [0.3, 0.4) is 0 Å². The van der Waals surface area contributed by atoms with Crippen molar-refractivity contribution >= 4 is 23.3 Å². The van der Waals surface area contributed by atoms with Crippen LogP contribution >= 0.6 is 11.6 Å². The molecule has 4 nitrogen and oxygen atoms in total. The van der Waals surface area contributed by atoms with Crippen LogP contribution in [0.5, 0.6) is 0 Å². The zero-order valence-electron chi connectivity index (χ0n) is 9.24. The van der Waals surface area contributed by atoms with E-state index in [2.05, 4.69) is 5.32 Å². The standard InChI is InChI=1S/C12H11ClN2O2/c1-2-17-12(16)9(7-14)8-15-11-5-3-4-10(13)6-11/h3-6,8,15H,2H2,1H3. The molecule has 0 aliphatic heterocycles. The van der Waals surface area contributed by atoms with Crippen LogP contribution in [-0.2, 0) is 9.53 Å². The van der Waals surface area contributed by atoms with Crippen molar-refractivity contribution in [2.24, 2.45) is 0 Å². The van der Waals surface area contributed by atoms with E-state index in [0.29, 0.717) is 10.7 Å². The third-order valence-corrected chi connectivity index (χ3v) is 2.06. The number of anilines is 1. The third-order valence-electron chi connectivity index (χ3n) is 1.82. The number of nitrogens with zero attached hydrogens (tertiary/aromatic N) is 1. The Morgan fingerprint density at radius 1 is 1.65 bits per heavy atom. The maximum absolute atomic E-state index is 11.3. The van der Waals surface area contributed by atoms with Gasteiger partial charge in [0.15, 0.2) is 5.57 Å². The summed E-state index contributed by atoms with van der Waals surface area (Å²) in [5, 5.41) is 12.1. The monoisotopic (exact) mass is 250 g/mol. The lowest BCUT2D eigenvalue weighted by Gasteiger charge is -2.02. The first-order chi connectivity index (χ1) is 8.17. The highest BCUT2D eigenvalue weighted by atomic mass is 35.5. The average Bonchev–Trinajstić information content (AvgIpc) is 2.30. The van der Waals surface area contributed by atoms with E-state index in [1.165, 1.54) is 6.20 Å². The minimum Gasteiger partial charge on any atom is -0.462 e. The highest BCUT2D eigenvalue weighted by molar-refractivity contribution is 6.30. The highest BCUT2D eigenvalue weighted by Crippen LogP contribution is 2.15. The van der Waals surface area contributed by atoms with Crippen LogP contribution in [0, 0.1) is 11.3 Å². The van der Waals surface area contributed by atoms with Crippen molar-refractivity contribution in [2.45, 2.75) is 6.92 Å². The molecule has 0 aliphatic rings. The minimum atomic E-state index is -0.649. The Morgan fingerprint density at radius 3 is 3.00 bits per heavy atom. The van der Waals surface area contributed by atoms with Crippen LogP contribution in [0.1, 0.15) is 6.92 Å². The number of carbonyl (C=O) groups excluding carboxylic acids is 1. The van der Waals surface area contributed by atoms with Gasteiger partial charge in [0.2, 0.25) is 0 Å². The summed E-state index contributed by atoms with van der Waals surface area (Å²) in [4.78, 5) is 11.3. The molecule has 0 saturated heterocycles. The highest BCUT2D eigenvalue weighted by Gasteiger charge is 2.08. The largest absolute Gasteiger partial charge is 0.462 e. The van der Waals surface area contributed by atoms with Gasteiger partial charge in [0.25, 0.3) is 0 Å². The fourth-order valence-corrected chi connectivity index (χ4v) is 1.27. The van der Waals surface area contributed by atoms with Crippen molar-refractivity contribution < 1.29 is 9.53 Å². The molecule has 1 rings (SSSR count). The van der Waals surface area contributed by atoms with Gasteiger partial charge in [0, 0.05) is 16.9 Å². The molecular formula is C12H11ClN2O2. The van der Waals surface area contributed by atoms with Crippen molar-refractivity contribution in [2.75, 3.05) is 11.9 Å². The Kier molecular flexibility index (Phi) is 5.05. The number of hydrogen-bond donors (Lipinski definition) is 1. The number of rotatable bonds is 4. The van der Waals surface area contributed by atoms with E-state index in [-0.39, 0.29) is 12.2 Å². The number of halogens is 1. The molecule has 0 aromatic heterocycles. The van der Waals surface area contributed by atoms with E-state index in [1.807, 2.05) is 0 Å². The Balaban J connectivity index is 2.75. The molecule has 5 heteroatoms. The lowest BCUT2D eigenvalue weighted by molar-refractivity contribution is -0.138. The first-order valence-electron chi connectivity index (χ1n) is 4.97. The van der Waals surface area contributed by atoms with Gasteiger partial charge < -0.3 is 10.1 Å². The summed E-state index contributed by atoms with van der Waals surface area (Å²) in [6.07, 6.45) is 1.30. The molecule has 0 saturated carbocycles. The first-order valence-corrected chi connectivity index (χ1v) is 5.34. The maximum Gasteiger partial charge on any atom is 0.350 e. The molecule has 0 atom stereocenters. The zero-order valence-corrected chi connectivity index (χ0v) is 9.99. The van der Waals surface area contributed by atoms with Crippen molar-refractivity contribution in [1.82, 2.24) is 0 Å². The molecule has 1 N–H and O–H groups in total. The molecule has 1 aromatic rings. The predicted molar refractivity (Wildman–Crippen MR) is 65.4 cm³/mol. The van der Waals surface area contributed by atoms with Crippen molar-refractivity contribution in [3.63, 3.8) is 0 Å². The SMILES string of the molecule is CCOC(=O)C(C#N)=CNc1cccc(Cl)c1. The molecule has 0 spiro atoms. The molecule has 0 amide bonds. The average molecular weight is 251 g/mol. The normalized spacial score (nSPS) is 10.5. The number of ether oxygens (including phenoxy) is 1. The predicted octanol–water partition coefficient (Wildman–Crippen LogP) is 2.72. The lowest BCUT2D eigenvalue weighted by Crippen LogP contribution is -2.07. The fraction of sp³-hybridized carbons (Fsp3) is 0.167. The number of esters is 1. The van der Waals surface area contributed by atoms with Crippen molar-refractivity contribution in [3.8, 4) is 6.07 Å². The van der Waals surface area contributed by atoms with Gasteiger partial charge in [-0.05, 0) is 25.1 Å². The van der Waals surface area contributed by atoms with E-state index in [4.69, 9.17) is 21.6 Å². The van der Waals surface area contributed by atoms with Gasteiger partial charge in [-0.2, -0.15) is 5.26 Å². The van der Waals surface area contributed by atoms with Crippen LogP contribution in [-0.4, -0.2) is 12.6 Å². The smallest absolute Gasteiger partial charge is 0.350 e. The van der Waals surface area contributed by atoms with Gasteiger partial charge in [0.05, 0.1) is 6.61 Å². The van der Waals surface area contributed by atoms with E-state index < -0.39 is 5.97 Å². The van der Waals surface area contributed by atoms with Gasteiger partial charge in [-0.3, -0.25) is 0 Å². The number of nitrogens with one attached hydrogen (secondary N) is 1. The molecule has 0 radical (unpaired) electrons. The second kappa shape index (κ2) is 6.56. The van der Waals surface area contributed by atoms with Gasteiger partial charge >= 0.3 is 5.97 Å². The third kappa shape index (κ3) is 4.17. The quantitative estimate of drug-likeness (QED) is 0.507. The Bertz CT molecular complexity index is 478. The molecule has 0 heterocycles. The van der Waals surface area contributed by atoms with E-state index in [0.717, 1.165) is 0 Å². The topological polar surface area (TPSA) is 62.1 Å². The van der Waals surface area contributed by atoms with Crippen molar-refractivity contribution in [1.29, 1.82) is 5.26 Å². The second-order valence-corrected chi connectivity index (χ2v) is 3.48. The zero-order chi connectivity index (χ0) is 12.7. The maximum atomic E-state index is 11.3. The Labute approximate surface area is 104 Å². The Morgan fingerprint density at radius 2 is 2.41 bits per heavy atom. The fourth-order valence-electron chi connectivity index (χ4n) is 1.08. The molecule has 88 valence electrons. The summed E-state index contributed by atoms with van der Waals surface area (Å²) in [6, 6.07) is 8.70. The summed E-state index contributed by atoms with van der Waals surface area (Å²) in [5.41, 5.74) is 0.598. The number of benzene rings is 1. The van der Waals surface area contributed by atoms with E-state index >= 15 is 0 Å². The summed E-state index contributed by atoms with van der Waals surface area (Å²) >= 11 is 5.79. The molecule has 0 unspecified atom stereocenters. The molecule has 0 fully saturated rings. The van der Waals surface area contributed by atoms with Gasteiger partial charge in [-0.1, -0.05) is 17.7 Å². The van der Waals surface area contributed by atoms with Crippen LogP contribution in [0.15, 0.2) is 36.0 Å². The number of nitriles is 1. The summed E-state index contributed by atoms with van der Waals surface area (Å²) in [5.74, 6) is -0.649. The molecule has 0 aliphatic carbocycles. The summed E-state index contributed by atoms with van der Waals surface area (Å²) in [6.45, 7) is 1.91. The molecule has 17 heavy (non-hydrogen) atoms. The first kappa shape index (κ1) is 13.1. The number of hydrogen-bond acceptors (Lipinski definition) is 4. The van der Waals surface area contributed by atoms with Crippen LogP contribution in [0.2, 0.25) is 5.02 Å². The second-order valence-electron chi connectivity index (χ2n) is 3.04. The van der Waals surface area contributed by atoms with Crippen LogP contribution in [0.4, 0.5) is 5.69 Å². The molecule has 0 bridgehead atoms. The number of carbonyl (C=O) groups is 1. The van der Waals surface area contributed by atoms with Gasteiger partial charge in [-0.15, -0.1) is 0 Å². The summed E-state index contributed by atoms with van der Waals surface area (Å²) < 4.78 is 4.71. The Hall–Kier alpha value is -1.99. The van der Waals surface area contributed by atoms with E-state index in [1.54, 1.807) is 37.3 Å². The van der Waals surface area contributed by atoms with Crippen LogP contribution in [0.25, 0.3) is 0 Å². The van der Waals surface area contributed by atoms with Gasteiger partial charge in [-0.25, -0.2) is 4.79 Å². The summed E-state index contributed by atoms with van der Waals surface area (Å²) in [7, 11) is 0. The van der Waals surface area contributed by atoms with Crippen molar-refractivity contribution in [3.05, 3.63) is 41.1 Å².